The first-order valence-corrected chi connectivity index (χ1v) is 3.38. The minimum absolute atomic E-state index is 0.933. The molecule has 2 aromatic heterocycles. The smallest absolute Gasteiger partial charge is 0.116 e. The Bertz CT molecular complexity index is 354. The lowest BCUT2D eigenvalue weighted by Gasteiger charge is -1.88. The number of fused-ring (bicyclic) bond motifs is 1. The van der Waals surface area contributed by atoms with Crippen molar-refractivity contribution in [2.75, 3.05) is 0 Å². The van der Waals surface area contributed by atoms with E-state index in [1.807, 2.05) is 14.0 Å². The molecule has 4 heteroatoms. The van der Waals surface area contributed by atoms with E-state index in [4.69, 9.17) is 0 Å². The summed E-state index contributed by atoms with van der Waals surface area (Å²) in [5, 5.41) is 4.20. The third kappa shape index (κ3) is 0.790. The van der Waals surface area contributed by atoms with E-state index in [0.29, 0.717) is 0 Å². The minimum atomic E-state index is 0.933. The first-order chi connectivity index (χ1) is 5.29. The van der Waals surface area contributed by atoms with Crippen molar-refractivity contribution in [3.8, 4) is 0 Å². The largest absolute Gasteiger partial charge is 0.264 e. The SMILES string of the molecule is Cc1nn(C)c2cncnc12. The van der Waals surface area contributed by atoms with Gasteiger partial charge in [0, 0.05) is 7.05 Å². The van der Waals surface area contributed by atoms with Crippen LogP contribution in [0.3, 0.4) is 0 Å². The lowest BCUT2D eigenvalue weighted by molar-refractivity contribution is 0.782. The number of aryl methyl sites for hydroxylation is 2. The third-order valence-corrected chi connectivity index (χ3v) is 1.68. The first-order valence-electron chi connectivity index (χ1n) is 3.38. The molecule has 0 saturated carbocycles. The van der Waals surface area contributed by atoms with Crippen LogP contribution in [0.5, 0.6) is 0 Å². The number of aromatic nitrogens is 4. The predicted molar refractivity (Wildman–Crippen MR) is 41.0 cm³/mol. The van der Waals surface area contributed by atoms with Crippen molar-refractivity contribution in [2.24, 2.45) is 7.05 Å². The topological polar surface area (TPSA) is 43.6 Å². The Kier molecular flexibility index (Phi) is 1.15. The zero-order valence-electron chi connectivity index (χ0n) is 6.44. The van der Waals surface area contributed by atoms with Crippen LogP contribution in [0.4, 0.5) is 0 Å². The number of hydrogen-bond donors (Lipinski definition) is 0. The summed E-state index contributed by atoms with van der Waals surface area (Å²) < 4.78 is 1.78. The first kappa shape index (κ1) is 6.27. The van der Waals surface area contributed by atoms with E-state index in [-0.39, 0.29) is 0 Å². The van der Waals surface area contributed by atoms with Crippen LogP contribution in [0.25, 0.3) is 11.0 Å². The molecular formula is C7H8N4. The summed E-state index contributed by atoms with van der Waals surface area (Å²) in [5.41, 5.74) is 2.86. The van der Waals surface area contributed by atoms with Crippen LogP contribution in [0.15, 0.2) is 12.5 Å². The molecule has 0 aromatic carbocycles. The Morgan fingerprint density at radius 3 is 3.00 bits per heavy atom. The Labute approximate surface area is 63.9 Å². The molecule has 0 fully saturated rings. The molecule has 0 aliphatic carbocycles. The summed E-state index contributed by atoms with van der Waals surface area (Å²) in [6.45, 7) is 1.94. The van der Waals surface area contributed by atoms with Crippen molar-refractivity contribution in [2.45, 2.75) is 6.92 Å². The normalized spacial score (nSPS) is 10.7. The summed E-state index contributed by atoms with van der Waals surface area (Å²) in [6.07, 6.45) is 3.30. The van der Waals surface area contributed by atoms with E-state index < -0.39 is 0 Å². The van der Waals surface area contributed by atoms with Gasteiger partial charge >= 0.3 is 0 Å². The average molecular weight is 148 g/mol. The van der Waals surface area contributed by atoms with E-state index in [0.717, 1.165) is 16.7 Å². The average Bonchev–Trinajstić information content (AvgIpc) is 2.30. The van der Waals surface area contributed by atoms with Crippen molar-refractivity contribution in [1.29, 1.82) is 0 Å². The zero-order chi connectivity index (χ0) is 7.84. The second kappa shape index (κ2) is 2.02. The van der Waals surface area contributed by atoms with Gasteiger partial charge in [0.15, 0.2) is 0 Å². The molecule has 0 saturated heterocycles. The fraction of sp³-hybridized carbons (Fsp3) is 0.286. The van der Waals surface area contributed by atoms with E-state index >= 15 is 0 Å². The molecule has 2 heterocycles. The molecule has 0 aliphatic heterocycles. The van der Waals surface area contributed by atoms with Crippen LogP contribution >= 0.6 is 0 Å². The highest BCUT2D eigenvalue weighted by Crippen LogP contribution is 2.11. The van der Waals surface area contributed by atoms with Gasteiger partial charge in [0.1, 0.15) is 17.4 Å². The molecule has 56 valence electrons. The highest BCUT2D eigenvalue weighted by molar-refractivity contribution is 5.75. The maximum absolute atomic E-state index is 4.20. The predicted octanol–water partition coefficient (Wildman–Crippen LogP) is 0.672. The molecule has 0 atom stereocenters. The molecule has 0 bridgehead atoms. The molecule has 11 heavy (non-hydrogen) atoms. The van der Waals surface area contributed by atoms with E-state index in [2.05, 4.69) is 15.1 Å². The van der Waals surface area contributed by atoms with E-state index in [1.165, 1.54) is 6.33 Å². The van der Waals surface area contributed by atoms with Crippen molar-refractivity contribution < 1.29 is 0 Å². The van der Waals surface area contributed by atoms with Crippen LogP contribution in [0.1, 0.15) is 5.69 Å². The third-order valence-electron chi connectivity index (χ3n) is 1.68. The standard InChI is InChI=1S/C7H8N4/c1-5-7-6(11(2)10-5)3-8-4-9-7/h3-4H,1-2H3. The highest BCUT2D eigenvalue weighted by atomic mass is 15.3. The summed E-state index contributed by atoms with van der Waals surface area (Å²) in [5.74, 6) is 0. The fourth-order valence-corrected chi connectivity index (χ4v) is 1.16. The Hall–Kier alpha value is -1.45. The molecule has 2 aromatic rings. The van der Waals surface area contributed by atoms with Gasteiger partial charge < -0.3 is 0 Å². The van der Waals surface area contributed by atoms with Crippen molar-refractivity contribution >= 4 is 11.0 Å². The highest BCUT2D eigenvalue weighted by Gasteiger charge is 2.03. The maximum atomic E-state index is 4.20. The monoisotopic (exact) mass is 148 g/mol. The van der Waals surface area contributed by atoms with Gasteiger partial charge in [-0.1, -0.05) is 0 Å². The van der Waals surface area contributed by atoms with Crippen molar-refractivity contribution in [3.05, 3.63) is 18.2 Å². The number of nitrogens with zero attached hydrogens (tertiary/aromatic N) is 4. The van der Waals surface area contributed by atoms with Crippen molar-refractivity contribution in [1.82, 2.24) is 19.7 Å². The van der Waals surface area contributed by atoms with E-state index in [1.54, 1.807) is 10.9 Å². The second-order valence-corrected chi connectivity index (χ2v) is 2.47. The molecule has 2 rings (SSSR count). The summed E-state index contributed by atoms with van der Waals surface area (Å²) in [4.78, 5) is 8.02. The Morgan fingerprint density at radius 1 is 1.45 bits per heavy atom. The van der Waals surface area contributed by atoms with Gasteiger partial charge in [-0.05, 0) is 6.92 Å². The van der Waals surface area contributed by atoms with Crippen LogP contribution < -0.4 is 0 Å². The van der Waals surface area contributed by atoms with Gasteiger partial charge in [0.05, 0.1) is 11.9 Å². The van der Waals surface area contributed by atoms with Gasteiger partial charge in [-0.2, -0.15) is 5.10 Å². The van der Waals surface area contributed by atoms with Gasteiger partial charge in [0.25, 0.3) is 0 Å². The van der Waals surface area contributed by atoms with E-state index in [9.17, 15) is 0 Å². The molecule has 0 amide bonds. The Balaban J connectivity index is 2.95. The van der Waals surface area contributed by atoms with Crippen LogP contribution in [0, 0.1) is 6.92 Å². The quantitative estimate of drug-likeness (QED) is 0.551. The Morgan fingerprint density at radius 2 is 2.27 bits per heavy atom. The number of rotatable bonds is 0. The fourth-order valence-electron chi connectivity index (χ4n) is 1.16. The van der Waals surface area contributed by atoms with Crippen molar-refractivity contribution in [3.63, 3.8) is 0 Å². The van der Waals surface area contributed by atoms with Crippen LogP contribution in [0.2, 0.25) is 0 Å². The zero-order valence-corrected chi connectivity index (χ0v) is 6.44. The molecule has 0 N–H and O–H groups in total. The summed E-state index contributed by atoms with van der Waals surface area (Å²) in [7, 11) is 1.89. The van der Waals surface area contributed by atoms with Gasteiger partial charge in [-0.15, -0.1) is 0 Å². The number of hydrogen-bond acceptors (Lipinski definition) is 3. The van der Waals surface area contributed by atoms with Crippen LogP contribution in [-0.2, 0) is 7.05 Å². The lowest BCUT2D eigenvalue weighted by atomic mass is 10.4. The molecule has 4 nitrogen and oxygen atoms in total. The van der Waals surface area contributed by atoms with Crippen LogP contribution in [-0.4, -0.2) is 19.7 Å². The molecular weight excluding hydrogens is 140 g/mol. The molecule has 0 spiro atoms. The maximum Gasteiger partial charge on any atom is 0.116 e. The molecule has 0 unspecified atom stereocenters. The van der Waals surface area contributed by atoms with Gasteiger partial charge in [-0.25, -0.2) is 9.97 Å². The summed E-state index contributed by atoms with van der Waals surface area (Å²) >= 11 is 0. The minimum Gasteiger partial charge on any atom is -0.264 e. The molecule has 0 radical (unpaired) electrons. The second-order valence-electron chi connectivity index (χ2n) is 2.47. The molecule has 0 aliphatic rings. The lowest BCUT2D eigenvalue weighted by Crippen LogP contribution is -1.89. The van der Waals surface area contributed by atoms with Gasteiger partial charge in [0.2, 0.25) is 0 Å². The van der Waals surface area contributed by atoms with Gasteiger partial charge in [-0.3, -0.25) is 4.68 Å². The summed E-state index contributed by atoms with van der Waals surface area (Å²) in [6, 6.07) is 0.